The number of aromatic nitrogens is 2. The Morgan fingerprint density at radius 2 is 1.95 bits per heavy atom. The summed E-state index contributed by atoms with van der Waals surface area (Å²) in [5.41, 5.74) is 2.45. The van der Waals surface area contributed by atoms with Crippen molar-refractivity contribution in [2.45, 2.75) is 6.54 Å². The quantitative estimate of drug-likeness (QED) is 0.694. The first-order chi connectivity index (χ1) is 10.7. The van der Waals surface area contributed by atoms with Gasteiger partial charge in [0.05, 0.1) is 21.7 Å². The zero-order valence-corrected chi connectivity index (χ0v) is 13.0. The molecule has 3 aromatic rings. The molecule has 0 fully saturated rings. The van der Waals surface area contributed by atoms with Gasteiger partial charge in [0.25, 0.3) is 0 Å². The van der Waals surface area contributed by atoms with Crippen molar-refractivity contribution in [1.82, 2.24) is 9.55 Å². The van der Waals surface area contributed by atoms with Crippen LogP contribution in [0.3, 0.4) is 0 Å². The minimum Gasteiger partial charge on any atom is -0.327 e. The van der Waals surface area contributed by atoms with Gasteiger partial charge in [0.15, 0.2) is 0 Å². The van der Waals surface area contributed by atoms with E-state index >= 15 is 0 Å². The molecular weight excluding hydrogens is 317 g/mol. The Kier molecular flexibility index (Phi) is 4.15. The van der Waals surface area contributed by atoms with Crippen LogP contribution in [0.1, 0.15) is 11.1 Å². The molecule has 0 atom stereocenters. The number of hydrogen-bond donors (Lipinski definition) is 0. The predicted molar refractivity (Wildman–Crippen MR) is 87.9 cm³/mol. The molecule has 0 amide bonds. The van der Waals surface area contributed by atoms with Gasteiger partial charge in [0.2, 0.25) is 0 Å². The van der Waals surface area contributed by atoms with Crippen LogP contribution in [0.4, 0.5) is 0 Å². The average Bonchev–Trinajstić information content (AvgIpc) is 2.98. The molecule has 0 saturated carbocycles. The summed E-state index contributed by atoms with van der Waals surface area (Å²) >= 11 is 12.4. The lowest BCUT2D eigenvalue weighted by atomic mass is 10.1. The van der Waals surface area contributed by atoms with E-state index in [2.05, 4.69) is 11.1 Å². The van der Waals surface area contributed by atoms with Gasteiger partial charge in [-0.2, -0.15) is 5.26 Å². The molecular formula is C17H11Cl2N3. The fraction of sp³-hybridized carbons (Fsp3) is 0.0588. The molecule has 108 valence electrons. The van der Waals surface area contributed by atoms with Crippen molar-refractivity contribution in [2.75, 3.05) is 0 Å². The highest BCUT2D eigenvalue weighted by Crippen LogP contribution is 2.32. The van der Waals surface area contributed by atoms with Crippen molar-refractivity contribution >= 4 is 23.2 Å². The monoisotopic (exact) mass is 327 g/mol. The molecule has 0 radical (unpaired) electrons. The molecule has 2 aromatic carbocycles. The smallest absolute Gasteiger partial charge is 0.141 e. The van der Waals surface area contributed by atoms with Gasteiger partial charge in [-0.05, 0) is 29.8 Å². The first-order valence-corrected chi connectivity index (χ1v) is 7.39. The van der Waals surface area contributed by atoms with Crippen LogP contribution in [-0.2, 0) is 6.54 Å². The van der Waals surface area contributed by atoms with E-state index in [-0.39, 0.29) is 0 Å². The zero-order chi connectivity index (χ0) is 15.5. The summed E-state index contributed by atoms with van der Waals surface area (Å²) in [4.78, 5) is 4.38. The first kappa shape index (κ1) is 14.6. The van der Waals surface area contributed by atoms with Crippen molar-refractivity contribution in [2.24, 2.45) is 0 Å². The number of halogens is 2. The van der Waals surface area contributed by atoms with Gasteiger partial charge in [0, 0.05) is 24.5 Å². The zero-order valence-electron chi connectivity index (χ0n) is 11.5. The number of imidazole rings is 1. The summed E-state index contributed by atoms with van der Waals surface area (Å²) in [6, 6.07) is 15.1. The van der Waals surface area contributed by atoms with Crippen LogP contribution in [0.15, 0.2) is 54.9 Å². The fourth-order valence-corrected chi connectivity index (χ4v) is 2.68. The van der Waals surface area contributed by atoms with Gasteiger partial charge in [-0.1, -0.05) is 41.4 Å². The number of benzene rings is 2. The lowest BCUT2D eigenvalue weighted by Crippen LogP contribution is -2.01. The highest BCUT2D eigenvalue weighted by Gasteiger charge is 2.12. The number of hydrogen-bond acceptors (Lipinski definition) is 2. The molecule has 1 heterocycles. The number of nitrogens with zero attached hydrogens (tertiary/aromatic N) is 3. The van der Waals surface area contributed by atoms with Crippen molar-refractivity contribution in [3.63, 3.8) is 0 Å². The van der Waals surface area contributed by atoms with E-state index in [4.69, 9.17) is 28.5 Å². The van der Waals surface area contributed by atoms with E-state index in [1.165, 1.54) is 0 Å². The fourth-order valence-electron chi connectivity index (χ4n) is 2.29. The van der Waals surface area contributed by atoms with Gasteiger partial charge in [-0.25, -0.2) is 4.98 Å². The van der Waals surface area contributed by atoms with Crippen LogP contribution in [-0.4, -0.2) is 9.55 Å². The summed E-state index contributed by atoms with van der Waals surface area (Å²) in [7, 11) is 0. The van der Waals surface area contributed by atoms with Gasteiger partial charge in [0.1, 0.15) is 5.82 Å². The maximum atomic E-state index is 8.99. The summed E-state index contributed by atoms with van der Waals surface area (Å²) in [6.45, 7) is 0.605. The topological polar surface area (TPSA) is 41.6 Å². The van der Waals surface area contributed by atoms with Crippen LogP contribution in [0.2, 0.25) is 10.0 Å². The van der Waals surface area contributed by atoms with E-state index in [0.29, 0.717) is 22.2 Å². The molecule has 22 heavy (non-hydrogen) atoms. The Labute approximate surface area is 138 Å². The molecule has 1 aromatic heterocycles. The van der Waals surface area contributed by atoms with Crippen molar-refractivity contribution in [3.8, 4) is 17.5 Å². The summed E-state index contributed by atoms with van der Waals surface area (Å²) in [5.74, 6) is 0.745. The van der Waals surface area contributed by atoms with Gasteiger partial charge in [-0.15, -0.1) is 0 Å². The molecule has 0 aliphatic heterocycles. The van der Waals surface area contributed by atoms with Crippen LogP contribution < -0.4 is 0 Å². The van der Waals surface area contributed by atoms with Crippen molar-refractivity contribution in [1.29, 1.82) is 5.26 Å². The Balaban J connectivity index is 1.99. The Morgan fingerprint density at radius 1 is 1.14 bits per heavy atom. The van der Waals surface area contributed by atoms with Crippen molar-refractivity contribution < 1.29 is 0 Å². The molecule has 3 nitrogen and oxygen atoms in total. The van der Waals surface area contributed by atoms with Crippen LogP contribution in [0.5, 0.6) is 0 Å². The first-order valence-electron chi connectivity index (χ1n) is 6.63. The second-order valence-corrected chi connectivity index (χ2v) is 5.58. The van der Waals surface area contributed by atoms with E-state index in [9.17, 15) is 0 Å². The highest BCUT2D eigenvalue weighted by molar-refractivity contribution is 6.43. The second kappa shape index (κ2) is 6.23. The summed E-state index contributed by atoms with van der Waals surface area (Å²) < 4.78 is 1.98. The predicted octanol–water partition coefficient (Wildman–Crippen LogP) is 4.78. The molecule has 3 rings (SSSR count). The molecule has 0 aliphatic carbocycles. The Bertz CT molecular complexity index is 862. The number of rotatable bonds is 3. The van der Waals surface area contributed by atoms with Gasteiger partial charge >= 0.3 is 0 Å². The third kappa shape index (κ3) is 2.85. The minimum absolute atomic E-state index is 0.488. The van der Waals surface area contributed by atoms with E-state index in [0.717, 1.165) is 17.0 Å². The Hall–Kier alpha value is -2.28. The van der Waals surface area contributed by atoms with E-state index < -0.39 is 0 Å². The van der Waals surface area contributed by atoms with Gasteiger partial charge < -0.3 is 4.57 Å². The maximum absolute atomic E-state index is 8.99. The van der Waals surface area contributed by atoms with E-state index in [1.807, 2.05) is 41.1 Å². The summed E-state index contributed by atoms with van der Waals surface area (Å²) in [6.07, 6.45) is 3.60. The normalized spacial score (nSPS) is 10.4. The SMILES string of the molecule is N#Cc1cccc(Cn2ccnc2-c2cccc(Cl)c2Cl)c1. The average molecular weight is 328 g/mol. The van der Waals surface area contributed by atoms with Crippen LogP contribution in [0, 0.1) is 11.3 Å². The molecule has 0 N–H and O–H groups in total. The van der Waals surface area contributed by atoms with Gasteiger partial charge in [-0.3, -0.25) is 0 Å². The minimum atomic E-state index is 0.488. The lowest BCUT2D eigenvalue weighted by molar-refractivity contribution is 0.807. The number of nitriles is 1. The molecule has 0 spiro atoms. The van der Waals surface area contributed by atoms with Crippen molar-refractivity contribution in [3.05, 3.63) is 76.0 Å². The largest absolute Gasteiger partial charge is 0.327 e. The molecule has 0 unspecified atom stereocenters. The third-order valence-electron chi connectivity index (χ3n) is 3.32. The van der Waals surface area contributed by atoms with E-state index in [1.54, 1.807) is 18.3 Å². The molecule has 0 aliphatic rings. The molecule has 0 bridgehead atoms. The molecule has 5 heteroatoms. The Morgan fingerprint density at radius 3 is 2.77 bits per heavy atom. The van der Waals surface area contributed by atoms with Crippen LogP contribution in [0.25, 0.3) is 11.4 Å². The summed E-state index contributed by atoms with van der Waals surface area (Å²) in [5, 5.41) is 9.97. The standard InChI is InChI=1S/C17H11Cl2N3/c18-15-6-2-5-14(16(15)19)17-21-7-8-22(17)11-13-4-1-3-12(9-13)10-20/h1-9H,11H2. The lowest BCUT2D eigenvalue weighted by Gasteiger charge is -2.10. The highest BCUT2D eigenvalue weighted by atomic mass is 35.5. The van der Waals surface area contributed by atoms with Crippen LogP contribution >= 0.6 is 23.2 Å². The molecule has 0 saturated heterocycles. The third-order valence-corrected chi connectivity index (χ3v) is 4.14. The second-order valence-electron chi connectivity index (χ2n) is 4.79. The maximum Gasteiger partial charge on any atom is 0.141 e.